The van der Waals surface area contributed by atoms with Crippen molar-refractivity contribution in [1.82, 2.24) is 4.98 Å². The molecule has 0 saturated heterocycles. The van der Waals surface area contributed by atoms with Gasteiger partial charge in [-0.05, 0) is 24.3 Å². The van der Waals surface area contributed by atoms with Crippen LogP contribution in [0.4, 0.5) is 5.82 Å². The number of hydrogen-bond acceptors (Lipinski definition) is 5. The van der Waals surface area contributed by atoms with Gasteiger partial charge in [0.15, 0.2) is 0 Å². The van der Waals surface area contributed by atoms with Crippen LogP contribution in [0.1, 0.15) is 20.0 Å². The molecule has 0 bridgehead atoms. The van der Waals surface area contributed by atoms with Gasteiger partial charge >= 0.3 is 5.97 Å². The smallest absolute Gasteiger partial charge is 0.341 e. The van der Waals surface area contributed by atoms with Crippen molar-refractivity contribution in [2.24, 2.45) is 0 Å². The number of amides is 1. The van der Waals surface area contributed by atoms with E-state index in [0.29, 0.717) is 9.21 Å². The Morgan fingerprint density at radius 3 is 2.79 bits per heavy atom. The monoisotopic (exact) mass is 296 g/mol. The predicted molar refractivity (Wildman–Crippen MR) is 72.9 cm³/mol. The van der Waals surface area contributed by atoms with Crippen LogP contribution >= 0.6 is 22.9 Å². The minimum Gasteiger partial charge on any atom is -0.465 e. The number of nitrogens with one attached hydrogen (secondary N) is 1. The summed E-state index contributed by atoms with van der Waals surface area (Å²) in [4.78, 5) is 27.9. The molecular weight excluding hydrogens is 288 g/mol. The molecule has 0 fully saturated rings. The number of rotatable bonds is 3. The van der Waals surface area contributed by atoms with E-state index in [9.17, 15) is 9.59 Å². The van der Waals surface area contributed by atoms with Gasteiger partial charge in [0.25, 0.3) is 5.91 Å². The van der Waals surface area contributed by atoms with E-state index in [2.05, 4.69) is 15.0 Å². The number of methoxy groups -OCH3 is 1. The normalized spacial score (nSPS) is 10.0. The van der Waals surface area contributed by atoms with Gasteiger partial charge in [-0.3, -0.25) is 4.79 Å². The first-order valence-corrected chi connectivity index (χ1v) is 6.41. The van der Waals surface area contributed by atoms with Crippen LogP contribution in [0.25, 0.3) is 0 Å². The molecule has 1 N–H and O–H groups in total. The number of halogens is 1. The highest BCUT2D eigenvalue weighted by Gasteiger charge is 2.16. The third kappa shape index (κ3) is 3.10. The zero-order valence-electron chi connectivity index (χ0n) is 9.84. The predicted octanol–water partition coefficient (Wildman–Crippen LogP) is 2.84. The maximum atomic E-state index is 11.9. The standard InChI is InChI=1S/C12H9ClN2O3S/c1-18-12(17)7-3-2-6-14-10(7)15-11(16)8-4-5-9(13)19-8/h2-6H,1H3,(H,14,15,16). The average Bonchev–Trinajstić information content (AvgIpc) is 2.85. The highest BCUT2D eigenvalue weighted by Crippen LogP contribution is 2.22. The zero-order valence-corrected chi connectivity index (χ0v) is 11.4. The minimum atomic E-state index is -0.562. The molecule has 2 rings (SSSR count). The lowest BCUT2D eigenvalue weighted by molar-refractivity contribution is 0.0601. The molecule has 2 heterocycles. The molecule has 2 aromatic heterocycles. The van der Waals surface area contributed by atoms with Crippen LogP contribution in [0.3, 0.4) is 0 Å². The second-order valence-corrected chi connectivity index (χ2v) is 5.16. The molecule has 0 aliphatic carbocycles. The van der Waals surface area contributed by atoms with Crippen molar-refractivity contribution in [2.45, 2.75) is 0 Å². The Hall–Kier alpha value is -1.92. The summed E-state index contributed by atoms with van der Waals surface area (Å²) in [6, 6.07) is 6.34. The molecule has 19 heavy (non-hydrogen) atoms. The molecule has 1 amide bonds. The molecule has 0 spiro atoms. The summed E-state index contributed by atoms with van der Waals surface area (Å²) in [5.41, 5.74) is 0.195. The molecule has 5 nitrogen and oxygen atoms in total. The fraction of sp³-hybridized carbons (Fsp3) is 0.0833. The Morgan fingerprint density at radius 2 is 2.16 bits per heavy atom. The number of ether oxygens (including phenoxy) is 1. The van der Waals surface area contributed by atoms with E-state index in [1.165, 1.54) is 19.4 Å². The second kappa shape index (κ2) is 5.81. The van der Waals surface area contributed by atoms with Gasteiger partial charge in [0.2, 0.25) is 0 Å². The van der Waals surface area contributed by atoms with Crippen molar-refractivity contribution in [3.8, 4) is 0 Å². The highest BCUT2D eigenvalue weighted by molar-refractivity contribution is 7.18. The number of carbonyl (C=O) groups excluding carboxylic acids is 2. The fourth-order valence-corrected chi connectivity index (χ4v) is 2.32. The first-order valence-electron chi connectivity index (χ1n) is 5.22. The third-order valence-electron chi connectivity index (χ3n) is 2.24. The van der Waals surface area contributed by atoms with Crippen LogP contribution in [-0.4, -0.2) is 24.0 Å². The molecular formula is C12H9ClN2O3S. The summed E-state index contributed by atoms with van der Waals surface area (Å²) in [6.07, 6.45) is 1.48. The first-order chi connectivity index (χ1) is 9.11. The molecule has 0 saturated carbocycles. The molecule has 7 heteroatoms. The maximum absolute atomic E-state index is 11.9. The second-order valence-electron chi connectivity index (χ2n) is 3.45. The largest absolute Gasteiger partial charge is 0.465 e. The van der Waals surface area contributed by atoms with Crippen LogP contribution in [0, 0.1) is 0 Å². The Balaban J connectivity index is 2.24. The Bertz CT molecular complexity index is 627. The number of anilines is 1. The van der Waals surface area contributed by atoms with Gasteiger partial charge in [-0.25, -0.2) is 9.78 Å². The van der Waals surface area contributed by atoms with E-state index in [4.69, 9.17) is 11.6 Å². The van der Waals surface area contributed by atoms with Gasteiger partial charge in [-0.1, -0.05) is 11.6 Å². The van der Waals surface area contributed by atoms with Crippen molar-refractivity contribution in [3.05, 3.63) is 45.2 Å². The van der Waals surface area contributed by atoms with Gasteiger partial charge in [-0.15, -0.1) is 11.3 Å². The molecule has 0 aromatic carbocycles. The number of hydrogen-bond donors (Lipinski definition) is 1. The van der Waals surface area contributed by atoms with Crippen LogP contribution in [0.5, 0.6) is 0 Å². The van der Waals surface area contributed by atoms with E-state index in [0.717, 1.165) is 11.3 Å². The van der Waals surface area contributed by atoms with E-state index in [1.807, 2.05) is 0 Å². The van der Waals surface area contributed by atoms with Gasteiger partial charge in [0, 0.05) is 6.20 Å². The summed E-state index contributed by atoms with van der Waals surface area (Å²) in [6.45, 7) is 0. The Morgan fingerprint density at radius 1 is 1.37 bits per heavy atom. The van der Waals surface area contributed by atoms with Crippen LogP contribution < -0.4 is 5.32 Å². The van der Waals surface area contributed by atoms with Crippen LogP contribution in [0.15, 0.2) is 30.5 Å². The van der Waals surface area contributed by atoms with Crippen LogP contribution in [0.2, 0.25) is 4.34 Å². The van der Waals surface area contributed by atoms with Gasteiger partial charge < -0.3 is 10.1 Å². The molecule has 2 aromatic rings. The number of esters is 1. The molecule has 98 valence electrons. The topological polar surface area (TPSA) is 68.3 Å². The van der Waals surface area contributed by atoms with Crippen molar-refractivity contribution >= 4 is 40.6 Å². The number of thiophene rings is 1. The minimum absolute atomic E-state index is 0.156. The third-order valence-corrected chi connectivity index (χ3v) is 3.47. The molecule has 0 radical (unpaired) electrons. The lowest BCUT2D eigenvalue weighted by Gasteiger charge is -2.07. The quantitative estimate of drug-likeness (QED) is 0.884. The zero-order chi connectivity index (χ0) is 13.8. The maximum Gasteiger partial charge on any atom is 0.341 e. The highest BCUT2D eigenvalue weighted by atomic mass is 35.5. The van der Waals surface area contributed by atoms with Crippen molar-refractivity contribution in [3.63, 3.8) is 0 Å². The first kappa shape index (κ1) is 13.5. The van der Waals surface area contributed by atoms with E-state index >= 15 is 0 Å². The van der Waals surface area contributed by atoms with Crippen molar-refractivity contribution in [2.75, 3.05) is 12.4 Å². The SMILES string of the molecule is COC(=O)c1cccnc1NC(=O)c1ccc(Cl)s1. The van der Waals surface area contributed by atoms with Crippen molar-refractivity contribution in [1.29, 1.82) is 0 Å². The molecule has 0 atom stereocenters. The summed E-state index contributed by atoms with van der Waals surface area (Å²) < 4.78 is 5.13. The van der Waals surface area contributed by atoms with Gasteiger partial charge in [0.1, 0.15) is 11.4 Å². The van der Waals surface area contributed by atoms with Gasteiger partial charge in [-0.2, -0.15) is 0 Å². The molecule has 0 aliphatic rings. The lowest BCUT2D eigenvalue weighted by atomic mass is 10.2. The Kier molecular flexibility index (Phi) is 4.13. The average molecular weight is 297 g/mol. The Labute approximate surface area is 118 Å². The van der Waals surface area contributed by atoms with E-state index in [-0.39, 0.29) is 17.3 Å². The molecule has 0 aliphatic heterocycles. The van der Waals surface area contributed by atoms with Crippen molar-refractivity contribution < 1.29 is 14.3 Å². The molecule has 0 unspecified atom stereocenters. The van der Waals surface area contributed by atoms with E-state index in [1.54, 1.807) is 18.2 Å². The number of pyridine rings is 1. The number of nitrogens with zero attached hydrogens (tertiary/aromatic N) is 1. The summed E-state index contributed by atoms with van der Waals surface area (Å²) in [5.74, 6) is -0.780. The summed E-state index contributed by atoms with van der Waals surface area (Å²) in [5, 5.41) is 2.56. The van der Waals surface area contributed by atoms with Crippen LogP contribution in [-0.2, 0) is 4.74 Å². The fourth-order valence-electron chi connectivity index (χ4n) is 1.39. The van der Waals surface area contributed by atoms with Gasteiger partial charge in [0.05, 0.1) is 16.3 Å². The number of aromatic nitrogens is 1. The lowest BCUT2D eigenvalue weighted by Crippen LogP contribution is -2.15. The summed E-state index contributed by atoms with van der Waals surface area (Å²) >= 11 is 6.90. The van der Waals surface area contributed by atoms with E-state index < -0.39 is 5.97 Å². The number of carbonyl (C=O) groups is 2. The summed E-state index contributed by atoms with van der Waals surface area (Å²) in [7, 11) is 1.26.